The largest absolute Gasteiger partial charge is 0.341 e. The number of carbonyl (C=O) groups excluding carboxylic acids is 1. The number of likely N-dealkylation sites (tertiary alicyclic amines) is 1. The number of hydrogen-bond donors (Lipinski definition) is 1. The third-order valence-corrected chi connectivity index (χ3v) is 3.95. The first kappa shape index (κ1) is 13.8. The van der Waals surface area contributed by atoms with E-state index in [9.17, 15) is 4.79 Å². The van der Waals surface area contributed by atoms with Crippen molar-refractivity contribution in [3.63, 3.8) is 0 Å². The molecule has 1 atom stereocenters. The second kappa shape index (κ2) is 6.52. The number of amides is 1. The lowest BCUT2D eigenvalue weighted by Gasteiger charge is -2.21. The van der Waals surface area contributed by atoms with Crippen molar-refractivity contribution in [2.24, 2.45) is 0 Å². The van der Waals surface area contributed by atoms with E-state index in [0.717, 1.165) is 32.5 Å². The summed E-state index contributed by atoms with van der Waals surface area (Å²) in [4.78, 5) is 13.5. The maximum Gasteiger partial charge on any atom is 0.222 e. The van der Waals surface area contributed by atoms with Crippen molar-refractivity contribution in [3.8, 4) is 0 Å². The van der Waals surface area contributed by atoms with Crippen molar-refractivity contribution in [3.05, 3.63) is 33.4 Å². The average molecular weight is 358 g/mol. The molecule has 1 aromatic carbocycles. The van der Waals surface area contributed by atoms with Gasteiger partial charge in [-0.1, -0.05) is 12.1 Å². The van der Waals surface area contributed by atoms with Gasteiger partial charge in [-0.15, -0.1) is 0 Å². The highest BCUT2D eigenvalue weighted by atomic mass is 127. The second-order valence-electron chi connectivity index (χ2n) is 4.85. The van der Waals surface area contributed by atoms with Crippen LogP contribution in [0.2, 0.25) is 0 Å². The summed E-state index contributed by atoms with van der Waals surface area (Å²) in [5.41, 5.74) is 1.29. The van der Waals surface area contributed by atoms with E-state index in [0.29, 0.717) is 11.9 Å². The van der Waals surface area contributed by atoms with Crippen molar-refractivity contribution in [2.45, 2.75) is 32.4 Å². The molecule has 3 nitrogen and oxygen atoms in total. The normalized spacial score (nSPS) is 17.2. The highest BCUT2D eigenvalue weighted by Crippen LogP contribution is 2.10. The van der Waals surface area contributed by atoms with Crippen LogP contribution in [0.25, 0.3) is 0 Å². The lowest BCUT2D eigenvalue weighted by Crippen LogP contribution is -2.39. The second-order valence-corrected chi connectivity index (χ2v) is 6.10. The van der Waals surface area contributed by atoms with Crippen LogP contribution in [-0.4, -0.2) is 29.9 Å². The van der Waals surface area contributed by atoms with Crippen LogP contribution in [-0.2, 0) is 11.3 Å². The first-order chi connectivity index (χ1) is 8.65. The van der Waals surface area contributed by atoms with E-state index >= 15 is 0 Å². The molecule has 0 spiro atoms. The van der Waals surface area contributed by atoms with E-state index in [-0.39, 0.29) is 0 Å². The number of nitrogens with zero attached hydrogens (tertiary/aromatic N) is 1. The van der Waals surface area contributed by atoms with Gasteiger partial charge in [-0.3, -0.25) is 4.79 Å². The van der Waals surface area contributed by atoms with Gasteiger partial charge < -0.3 is 10.2 Å². The van der Waals surface area contributed by atoms with Crippen LogP contribution in [0.1, 0.15) is 25.3 Å². The molecule has 1 aliphatic heterocycles. The van der Waals surface area contributed by atoms with Gasteiger partial charge in [0, 0.05) is 35.7 Å². The number of halogens is 1. The van der Waals surface area contributed by atoms with Crippen molar-refractivity contribution >= 4 is 28.5 Å². The number of nitrogens with one attached hydrogen (secondary N) is 1. The number of benzene rings is 1. The fourth-order valence-electron chi connectivity index (χ4n) is 2.19. The quantitative estimate of drug-likeness (QED) is 0.820. The summed E-state index contributed by atoms with van der Waals surface area (Å²) >= 11 is 2.31. The molecular weight excluding hydrogens is 339 g/mol. The molecule has 4 heteroatoms. The highest BCUT2D eigenvalue weighted by molar-refractivity contribution is 14.1. The third kappa shape index (κ3) is 3.95. The van der Waals surface area contributed by atoms with E-state index in [1.165, 1.54) is 9.13 Å². The van der Waals surface area contributed by atoms with E-state index in [2.05, 4.69) is 59.1 Å². The lowest BCUT2D eigenvalue weighted by molar-refractivity contribution is -0.127. The molecule has 1 heterocycles. The van der Waals surface area contributed by atoms with Crippen LogP contribution in [0, 0.1) is 3.57 Å². The van der Waals surface area contributed by atoms with Crippen LogP contribution in [0.4, 0.5) is 0 Å². The molecule has 1 aromatic rings. The molecule has 0 aromatic heterocycles. The predicted molar refractivity (Wildman–Crippen MR) is 81.3 cm³/mol. The Balaban J connectivity index is 1.76. The third-order valence-electron chi connectivity index (χ3n) is 3.23. The van der Waals surface area contributed by atoms with Gasteiger partial charge in [-0.25, -0.2) is 0 Å². The fraction of sp³-hybridized carbons (Fsp3) is 0.500. The summed E-state index contributed by atoms with van der Waals surface area (Å²) < 4.78 is 1.26. The standard InChI is InChI=1S/C14H19IN2O/c1-11(10-17-8-2-3-14(17)18)16-9-12-4-6-13(15)7-5-12/h4-7,11,16H,2-3,8-10H2,1H3. The molecule has 1 aliphatic rings. The molecule has 1 saturated heterocycles. The number of rotatable bonds is 5. The Bertz CT molecular complexity index is 405. The molecule has 0 bridgehead atoms. The molecule has 0 aliphatic carbocycles. The zero-order valence-corrected chi connectivity index (χ0v) is 12.8. The maximum atomic E-state index is 11.5. The summed E-state index contributed by atoms with van der Waals surface area (Å²) in [5, 5.41) is 3.47. The summed E-state index contributed by atoms with van der Waals surface area (Å²) in [6, 6.07) is 8.86. The Kier molecular flexibility index (Phi) is 5.00. The first-order valence-corrected chi connectivity index (χ1v) is 7.48. The lowest BCUT2D eigenvalue weighted by atomic mass is 10.2. The summed E-state index contributed by atoms with van der Waals surface area (Å²) in [7, 11) is 0. The highest BCUT2D eigenvalue weighted by Gasteiger charge is 2.21. The van der Waals surface area contributed by atoms with Crippen LogP contribution in [0.15, 0.2) is 24.3 Å². The van der Waals surface area contributed by atoms with Crippen LogP contribution in [0.5, 0.6) is 0 Å². The average Bonchev–Trinajstić information content (AvgIpc) is 2.74. The summed E-state index contributed by atoms with van der Waals surface area (Å²) in [5.74, 6) is 0.304. The number of hydrogen-bond acceptors (Lipinski definition) is 2. The molecule has 0 radical (unpaired) electrons. The minimum absolute atomic E-state index is 0.304. The Hall–Kier alpha value is -0.620. The SMILES string of the molecule is CC(CN1CCCC1=O)NCc1ccc(I)cc1. The summed E-state index contributed by atoms with van der Waals surface area (Å²) in [6.45, 7) is 4.75. The van der Waals surface area contributed by atoms with Crippen molar-refractivity contribution in [1.29, 1.82) is 0 Å². The minimum Gasteiger partial charge on any atom is -0.341 e. The topological polar surface area (TPSA) is 32.3 Å². The van der Waals surface area contributed by atoms with E-state index in [1.54, 1.807) is 0 Å². The Morgan fingerprint density at radius 3 is 2.72 bits per heavy atom. The van der Waals surface area contributed by atoms with Gasteiger partial charge in [0.2, 0.25) is 5.91 Å². The summed E-state index contributed by atoms with van der Waals surface area (Å²) in [6.07, 6.45) is 1.74. The van der Waals surface area contributed by atoms with E-state index in [4.69, 9.17) is 0 Å². The molecule has 18 heavy (non-hydrogen) atoms. The maximum absolute atomic E-state index is 11.5. The van der Waals surface area contributed by atoms with Gasteiger partial charge in [-0.05, 0) is 53.6 Å². The Labute approximate surface area is 122 Å². The Morgan fingerprint density at radius 1 is 1.39 bits per heavy atom. The zero-order valence-electron chi connectivity index (χ0n) is 10.7. The van der Waals surface area contributed by atoms with Crippen molar-refractivity contribution in [1.82, 2.24) is 10.2 Å². The molecule has 1 fully saturated rings. The molecule has 2 rings (SSSR count). The van der Waals surface area contributed by atoms with Gasteiger partial charge in [0.25, 0.3) is 0 Å². The van der Waals surface area contributed by atoms with Crippen LogP contribution < -0.4 is 5.32 Å². The molecule has 1 unspecified atom stereocenters. The molecular formula is C14H19IN2O. The van der Waals surface area contributed by atoms with Crippen molar-refractivity contribution < 1.29 is 4.79 Å². The van der Waals surface area contributed by atoms with Gasteiger partial charge in [-0.2, -0.15) is 0 Å². The molecule has 1 N–H and O–H groups in total. The van der Waals surface area contributed by atoms with Crippen molar-refractivity contribution in [2.75, 3.05) is 13.1 Å². The zero-order chi connectivity index (χ0) is 13.0. The smallest absolute Gasteiger partial charge is 0.222 e. The van der Waals surface area contributed by atoms with E-state index < -0.39 is 0 Å². The number of carbonyl (C=O) groups is 1. The molecule has 98 valence electrons. The van der Waals surface area contributed by atoms with Crippen LogP contribution >= 0.6 is 22.6 Å². The van der Waals surface area contributed by atoms with Gasteiger partial charge in [0.15, 0.2) is 0 Å². The first-order valence-electron chi connectivity index (χ1n) is 6.41. The van der Waals surface area contributed by atoms with Gasteiger partial charge >= 0.3 is 0 Å². The van der Waals surface area contributed by atoms with Gasteiger partial charge in [0.05, 0.1) is 0 Å². The Morgan fingerprint density at radius 2 is 2.11 bits per heavy atom. The predicted octanol–water partition coefficient (Wildman–Crippen LogP) is 2.39. The fourth-order valence-corrected chi connectivity index (χ4v) is 2.55. The molecule has 1 amide bonds. The van der Waals surface area contributed by atoms with Gasteiger partial charge in [0.1, 0.15) is 0 Å². The van der Waals surface area contributed by atoms with E-state index in [1.807, 2.05) is 4.90 Å². The minimum atomic E-state index is 0.304. The molecule has 0 saturated carbocycles. The monoisotopic (exact) mass is 358 g/mol. The van der Waals surface area contributed by atoms with Crippen LogP contribution in [0.3, 0.4) is 0 Å².